The number of methoxy groups -OCH3 is 1. The fraction of sp³-hybridized carbons (Fsp3) is 0.348. The Balaban J connectivity index is 1.98. The number of ether oxygens (including phenoxy) is 3. The van der Waals surface area contributed by atoms with Gasteiger partial charge in [0.25, 0.3) is 0 Å². The molecule has 0 heterocycles. The van der Waals surface area contributed by atoms with Gasteiger partial charge in [-0.05, 0) is 67.3 Å². The van der Waals surface area contributed by atoms with Crippen LogP contribution in [0, 0.1) is 13.8 Å². The van der Waals surface area contributed by atoms with E-state index in [-0.39, 0.29) is 0 Å². The predicted octanol–water partition coefficient (Wildman–Crippen LogP) is 5.50. The highest BCUT2D eigenvalue weighted by atomic mass is 16.5. The third-order valence-electron chi connectivity index (χ3n) is 4.30. The van der Waals surface area contributed by atoms with Crippen LogP contribution in [-0.2, 0) is 4.79 Å². The van der Waals surface area contributed by atoms with Crippen molar-refractivity contribution in [3.05, 3.63) is 59.2 Å². The highest BCUT2D eigenvalue weighted by Gasteiger charge is 2.06. The quantitative estimate of drug-likeness (QED) is 0.254. The van der Waals surface area contributed by atoms with Crippen molar-refractivity contribution in [3.63, 3.8) is 0 Å². The van der Waals surface area contributed by atoms with Crippen LogP contribution < -0.4 is 14.2 Å². The van der Waals surface area contributed by atoms with Gasteiger partial charge in [0.05, 0.1) is 13.7 Å². The minimum atomic E-state index is -0.419. The Kier molecular flexibility index (Phi) is 7.93. The van der Waals surface area contributed by atoms with Crippen LogP contribution in [0.4, 0.5) is 0 Å². The smallest absolute Gasteiger partial charge is 0.336 e. The van der Waals surface area contributed by atoms with E-state index >= 15 is 0 Å². The fourth-order valence-electron chi connectivity index (χ4n) is 2.53. The standard InChI is InChI=1S/C23H28O4/c1-5-6-7-14-26-21-12-9-19(16-22(21)25-4)10-13-23(24)27-20-11-8-17(2)18(3)15-20/h8-13,15-16H,5-7,14H2,1-4H3/b13-10+. The van der Waals surface area contributed by atoms with Gasteiger partial charge in [-0.3, -0.25) is 0 Å². The zero-order valence-corrected chi connectivity index (χ0v) is 16.6. The molecular weight excluding hydrogens is 340 g/mol. The molecule has 0 spiro atoms. The lowest BCUT2D eigenvalue weighted by Crippen LogP contribution is -2.04. The van der Waals surface area contributed by atoms with Crippen molar-refractivity contribution >= 4 is 12.0 Å². The van der Waals surface area contributed by atoms with Crippen molar-refractivity contribution in [3.8, 4) is 17.2 Å². The van der Waals surface area contributed by atoms with Crippen LogP contribution in [0.1, 0.15) is 42.9 Å². The van der Waals surface area contributed by atoms with Crippen molar-refractivity contribution in [2.24, 2.45) is 0 Å². The monoisotopic (exact) mass is 368 g/mol. The molecular formula is C23H28O4. The second-order valence-electron chi connectivity index (χ2n) is 6.47. The molecule has 2 rings (SSSR count). The SMILES string of the molecule is CCCCCOc1ccc(/C=C/C(=O)Oc2ccc(C)c(C)c2)cc1OC. The Hall–Kier alpha value is -2.75. The van der Waals surface area contributed by atoms with Gasteiger partial charge in [0.1, 0.15) is 5.75 Å². The van der Waals surface area contributed by atoms with Crippen LogP contribution in [0.2, 0.25) is 0 Å². The van der Waals surface area contributed by atoms with Crippen LogP contribution in [0.25, 0.3) is 6.08 Å². The maximum Gasteiger partial charge on any atom is 0.336 e. The molecule has 4 nitrogen and oxygen atoms in total. The lowest BCUT2D eigenvalue weighted by molar-refractivity contribution is -0.128. The molecule has 0 fully saturated rings. The zero-order valence-electron chi connectivity index (χ0n) is 16.6. The van der Waals surface area contributed by atoms with Crippen LogP contribution >= 0.6 is 0 Å². The molecule has 0 unspecified atom stereocenters. The molecule has 2 aromatic rings. The van der Waals surface area contributed by atoms with E-state index in [2.05, 4.69) is 6.92 Å². The van der Waals surface area contributed by atoms with E-state index in [1.807, 2.05) is 44.2 Å². The second-order valence-corrected chi connectivity index (χ2v) is 6.47. The summed E-state index contributed by atoms with van der Waals surface area (Å²) in [6.07, 6.45) is 6.43. The van der Waals surface area contributed by atoms with Gasteiger partial charge in [-0.2, -0.15) is 0 Å². The molecule has 0 amide bonds. The Labute approximate surface area is 161 Å². The molecule has 0 saturated heterocycles. The van der Waals surface area contributed by atoms with Crippen molar-refractivity contribution < 1.29 is 19.0 Å². The molecule has 4 heteroatoms. The summed E-state index contributed by atoms with van der Waals surface area (Å²) in [6.45, 7) is 6.83. The summed E-state index contributed by atoms with van der Waals surface area (Å²) in [6, 6.07) is 11.2. The van der Waals surface area contributed by atoms with Crippen LogP contribution in [0.5, 0.6) is 17.2 Å². The molecule has 0 aliphatic carbocycles. The summed E-state index contributed by atoms with van der Waals surface area (Å²) in [5, 5.41) is 0. The maximum atomic E-state index is 12.0. The van der Waals surface area contributed by atoms with E-state index in [1.54, 1.807) is 19.3 Å². The Morgan fingerprint density at radius 1 is 1.00 bits per heavy atom. The van der Waals surface area contributed by atoms with Crippen LogP contribution in [-0.4, -0.2) is 19.7 Å². The summed E-state index contributed by atoms with van der Waals surface area (Å²) in [7, 11) is 1.61. The Morgan fingerprint density at radius 2 is 1.81 bits per heavy atom. The number of carbonyl (C=O) groups is 1. The Bertz CT molecular complexity index is 793. The summed E-state index contributed by atoms with van der Waals surface area (Å²) in [4.78, 5) is 12.0. The Morgan fingerprint density at radius 3 is 2.52 bits per heavy atom. The highest BCUT2D eigenvalue weighted by molar-refractivity contribution is 5.88. The molecule has 0 aliphatic heterocycles. The number of hydrogen-bond donors (Lipinski definition) is 0. The minimum absolute atomic E-state index is 0.419. The van der Waals surface area contributed by atoms with Gasteiger partial charge in [0, 0.05) is 6.08 Å². The molecule has 144 valence electrons. The van der Waals surface area contributed by atoms with Gasteiger partial charge in [-0.1, -0.05) is 31.9 Å². The average molecular weight is 368 g/mol. The van der Waals surface area contributed by atoms with Crippen molar-refractivity contribution in [1.82, 2.24) is 0 Å². The summed E-state index contributed by atoms with van der Waals surface area (Å²) in [5.74, 6) is 1.48. The number of rotatable bonds is 9. The molecule has 0 saturated carbocycles. The molecule has 27 heavy (non-hydrogen) atoms. The number of hydrogen-bond acceptors (Lipinski definition) is 4. The number of benzene rings is 2. The minimum Gasteiger partial charge on any atom is -0.493 e. The van der Waals surface area contributed by atoms with E-state index in [0.29, 0.717) is 23.9 Å². The fourth-order valence-corrected chi connectivity index (χ4v) is 2.53. The van der Waals surface area contributed by atoms with Crippen molar-refractivity contribution in [2.45, 2.75) is 40.0 Å². The average Bonchev–Trinajstić information content (AvgIpc) is 2.67. The van der Waals surface area contributed by atoms with Crippen molar-refractivity contribution in [2.75, 3.05) is 13.7 Å². The normalized spacial score (nSPS) is 10.8. The van der Waals surface area contributed by atoms with E-state index < -0.39 is 5.97 Å². The third kappa shape index (κ3) is 6.48. The molecule has 0 radical (unpaired) electrons. The van der Waals surface area contributed by atoms with Crippen molar-refractivity contribution in [1.29, 1.82) is 0 Å². The lowest BCUT2D eigenvalue weighted by atomic mass is 10.1. The first-order valence-corrected chi connectivity index (χ1v) is 9.31. The van der Waals surface area contributed by atoms with Gasteiger partial charge in [0.2, 0.25) is 0 Å². The van der Waals surface area contributed by atoms with E-state index in [4.69, 9.17) is 14.2 Å². The molecule has 0 bridgehead atoms. The first-order valence-electron chi connectivity index (χ1n) is 9.31. The largest absolute Gasteiger partial charge is 0.493 e. The van der Waals surface area contributed by atoms with E-state index in [9.17, 15) is 4.79 Å². The zero-order chi connectivity index (χ0) is 19.6. The molecule has 0 atom stereocenters. The summed E-state index contributed by atoms with van der Waals surface area (Å²) in [5.41, 5.74) is 3.09. The van der Waals surface area contributed by atoms with E-state index in [0.717, 1.165) is 36.0 Å². The van der Waals surface area contributed by atoms with Gasteiger partial charge in [0.15, 0.2) is 11.5 Å². The number of unbranched alkanes of at least 4 members (excludes halogenated alkanes) is 2. The molecule has 0 aliphatic rings. The molecule has 0 aromatic heterocycles. The third-order valence-corrected chi connectivity index (χ3v) is 4.30. The van der Waals surface area contributed by atoms with E-state index in [1.165, 1.54) is 6.08 Å². The molecule has 0 N–H and O–H groups in total. The number of carbonyl (C=O) groups excluding carboxylic acids is 1. The lowest BCUT2D eigenvalue weighted by Gasteiger charge is -2.11. The van der Waals surface area contributed by atoms with Gasteiger partial charge < -0.3 is 14.2 Å². The number of esters is 1. The first kappa shape index (κ1) is 20.6. The summed E-state index contributed by atoms with van der Waals surface area (Å²) < 4.78 is 16.5. The van der Waals surface area contributed by atoms with Gasteiger partial charge >= 0.3 is 5.97 Å². The topological polar surface area (TPSA) is 44.8 Å². The van der Waals surface area contributed by atoms with Crippen LogP contribution in [0.3, 0.4) is 0 Å². The number of aryl methyl sites for hydroxylation is 2. The predicted molar refractivity (Wildman–Crippen MR) is 109 cm³/mol. The van der Waals surface area contributed by atoms with Gasteiger partial charge in [-0.25, -0.2) is 4.79 Å². The first-order chi connectivity index (χ1) is 13.0. The summed E-state index contributed by atoms with van der Waals surface area (Å²) >= 11 is 0. The molecule has 2 aromatic carbocycles. The maximum absolute atomic E-state index is 12.0. The van der Waals surface area contributed by atoms with Gasteiger partial charge in [-0.15, -0.1) is 0 Å². The second kappa shape index (κ2) is 10.4. The highest BCUT2D eigenvalue weighted by Crippen LogP contribution is 2.29. The van der Waals surface area contributed by atoms with Crippen LogP contribution in [0.15, 0.2) is 42.5 Å².